The number of hydrogen-bond acceptors (Lipinski definition) is 6. The summed E-state index contributed by atoms with van der Waals surface area (Å²) in [5.41, 5.74) is 10.4. The number of likely N-dealkylation sites (tertiary alicyclic amines) is 1. The summed E-state index contributed by atoms with van der Waals surface area (Å²) < 4.78 is 0. The first-order valence-corrected chi connectivity index (χ1v) is 7.22. The van der Waals surface area contributed by atoms with Gasteiger partial charge in [0.25, 0.3) is 0 Å². The number of hydrogen-bond donors (Lipinski definition) is 5. The Morgan fingerprint density at radius 3 is 2.29 bits per heavy atom. The molecule has 0 radical (unpaired) electrons. The second-order valence-electron chi connectivity index (χ2n) is 5.46. The normalized spacial score (nSPS) is 19.4. The van der Waals surface area contributed by atoms with E-state index >= 15 is 0 Å². The number of carboxylic acids is 2. The Hall–Kier alpha value is -2.69. The summed E-state index contributed by atoms with van der Waals surface area (Å²) in [7, 11) is 0. The van der Waals surface area contributed by atoms with Crippen LogP contribution in [0.3, 0.4) is 0 Å². The minimum absolute atomic E-state index is 0.148. The summed E-state index contributed by atoms with van der Waals surface area (Å²) in [4.78, 5) is 58.2. The van der Waals surface area contributed by atoms with Crippen LogP contribution in [0.4, 0.5) is 0 Å². The van der Waals surface area contributed by atoms with Crippen molar-refractivity contribution < 1.29 is 34.2 Å². The first-order chi connectivity index (χ1) is 11.1. The third-order valence-electron chi connectivity index (χ3n) is 3.57. The lowest BCUT2D eigenvalue weighted by molar-refractivity contribution is -0.150. The molecule has 0 aromatic rings. The summed E-state index contributed by atoms with van der Waals surface area (Å²) in [6, 6.07) is -3.88. The van der Waals surface area contributed by atoms with E-state index in [0.29, 0.717) is 6.42 Å². The molecule has 0 spiro atoms. The van der Waals surface area contributed by atoms with Crippen molar-refractivity contribution in [1.29, 1.82) is 0 Å². The van der Waals surface area contributed by atoms with Crippen molar-refractivity contribution in [3.63, 3.8) is 0 Å². The summed E-state index contributed by atoms with van der Waals surface area (Å²) in [6.45, 7) is 0.148. The van der Waals surface area contributed by atoms with Gasteiger partial charge in [-0.15, -0.1) is 0 Å². The number of primary amides is 1. The second-order valence-corrected chi connectivity index (χ2v) is 5.46. The van der Waals surface area contributed by atoms with Crippen molar-refractivity contribution in [2.24, 2.45) is 11.5 Å². The first kappa shape index (κ1) is 19.4. The van der Waals surface area contributed by atoms with Gasteiger partial charge in [0.15, 0.2) is 0 Å². The molecule has 0 saturated carbocycles. The van der Waals surface area contributed by atoms with Crippen LogP contribution in [-0.2, 0) is 24.0 Å². The van der Waals surface area contributed by atoms with Crippen LogP contribution in [0.2, 0.25) is 0 Å². The molecule has 0 aliphatic carbocycles. The number of nitrogens with two attached hydrogens (primary N) is 2. The van der Waals surface area contributed by atoms with Gasteiger partial charge in [0.05, 0.1) is 18.9 Å². The zero-order valence-electron chi connectivity index (χ0n) is 12.8. The third-order valence-corrected chi connectivity index (χ3v) is 3.57. The quantitative estimate of drug-likeness (QED) is 0.312. The predicted octanol–water partition coefficient (Wildman–Crippen LogP) is -2.78. The smallest absolute Gasteiger partial charge is 0.326 e. The monoisotopic (exact) mass is 344 g/mol. The number of nitrogens with one attached hydrogen (secondary N) is 1. The van der Waals surface area contributed by atoms with Crippen LogP contribution in [0.1, 0.15) is 25.7 Å². The van der Waals surface area contributed by atoms with Gasteiger partial charge >= 0.3 is 11.9 Å². The molecule has 1 fully saturated rings. The zero-order valence-corrected chi connectivity index (χ0v) is 12.8. The van der Waals surface area contributed by atoms with Crippen molar-refractivity contribution in [1.82, 2.24) is 10.2 Å². The van der Waals surface area contributed by atoms with Crippen LogP contribution in [0.25, 0.3) is 0 Å². The number of carbonyl (C=O) groups excluding carboxylic acids is 3. The van der Waals surface area contributed by atoms with E-state index in [9.17, 15) is 24.0 Å². The van der Waals surface area contributed by atoms with Gasteiger partial charge in [-0.2, -0.15) is 0 Å². The maximum atomic E-state index is 12.4. The van der Waals surface area contributed by atoms with Gasteiger partial charge < -0.3 is 31.9 Å². The van der Waals surface area contributed by atoms with Crippen molar-refractivity contribution in [2.45, 2.75) is 43.8 Å². The lowest BCUT2D eigenvalue weighted by Crippen LogP contribution is -2.55. The Balaban J connectivity index is 2.86. The minimum atomic E-state index is -1.48. The number of rotatable bonds is 8. The maximum Gasteiger partial charge on any atom is 0.326 e. The number of carboxylic acid groups (broad SMARTS) is 2. The molecule has 0 aromatic heterocycles. The van der Waals surface area contributed by atoms with Crippen molar-refractivity contribution >= 4 is 29.7 Å². The first-order valence-electron chi connectivity index (χ1n) is 7.22. The Labute approximate surface area is 136 Å². The number of aliphatic carboxylic acids is 2. The number of amides is 3. The van der Waals surface area contributed by atoms with Crippen LogP contribution < -0.4 is 16.8 Å². The topological polar surface area (TPSA) is 193 Å². The second kappa shape index (κ2) is 8.24. The molecular formula is C13H20N4O7. The highest BCUT2D eigenvalue weighted by atomic mass is 16.4. The SMILES string of the molecule is NC(=O)C[C@H](N)C(=O)N[C@@H](CC(=O)O)C(=O)N1CCC[C@@H]1C(=O)O. The molecule has 1 aliphatic rings. The fourth-order valence-corrected chi connectivity index (χ4v) is 2.45. The van der Waals surface area contributed by atoms with Gasteiger partial charge in [0.1, 0.15) is 12.1 Å². The standard InChI is InChI=1S/C13H20N4O7/c14-6(4-9(15)18)11(21)16-7(5-10(19)20)12(22)17-3-1-2-8(17)13(23)24/h6-8H,1-5,14H2,(H2,15,18)(H,16,21)(H,19,20)(H,23,24)/t6-,7-,8+/m0/s1. The van der Waals surface area contributed by atoms with E-state index in [-0.39, 0.29) is 13.0 Å². The molecule has 134 valence electrons. The molecule has 11 heteroatoms. The summed E-state index contributed by atoms with van der Waals surface area (Å²) in [6.07, 6.45) is -0.508. The van der Waals surface area contributed by atoms with E-state index < -0.39 is 60.6 Å². The summed E-state index contributed by atoms with van der Waals surface area (Å²) in [5.74, 6) is -5.12. The highest BCUT2D eigenvalue weighted by Gasteiger charge is 2.38. The lowest BCUT2D eigenvalue weighted by atomic mass is 10.1. The molecule has 1 heterocycles. The Kier molecular flexibility index (Phi) is 6.65. The van der Waals surface area contributed by atoms with E-state index in [1.807, 2.05) is 0 Å². The van der Waals surface area contributed by atoms with Gasteiger partial charge in [-0.05, 0) is 12.8 Å². The van der Waals surface area contributed by atoms with Crippen molar-refractivity contribution in [3.8, 4) is 0 Å². The maximum absolute atomic E-state index is 12.4. The molecule has 1 aliphatic heterocycles. The van der Waals surface area contributed by atoms with Crippen LogP contribution in [-0.4, -0.2) is 69.4 Å². The Bertz CT molecular complexity index is 550. The highest BCUT2D eigenvalue weighted by molar-refractivity contribution is 5.95. The molecule has 7 N–H and O–H groups in total. The zero-order chi connectivity index (χ0) is 18.4. The average molecular weight is 344 g/mol. The predicted molar refractivity (Wildman–Crippen MR) is 78.3 cm³/mol. The third kappa shape index (κ3) is 5.19. The van der Waals surface area contributed by atoms with E-state index in [4.69, 9.17) is 21.7 Å². The van der Waals surface area contributed by atoms with Crippen LogP contribution in [0.15, 0.2) is 0 Å². The largest absolute Gasteiger partial charge is 0.481 e. The lowest BCUT2D eigenvalue weighted by Gasteiger charge is -2.27. The van der Waals surface area contributed by atoms with E-state index in [1.54, 1.807) is 0 Å². The molecule has 0 aromatic carbocycles. The molecule has 0 unspecified atom stereocenters. The van der Waals surface area contributed by atoms with Gasteiger partial charge in [-0.25, -0.2) is 4.79 Å². The molecule has 3 amide bonds. The van der Waals surface area contributed by atoms with Crippen molar-refractivity contribution in [3.05, 3.63) is 0 Å². The summed E-state index contributed by atoms with van der Waals surface area (Å²) in [5, 5.41) is 20.2. The molecule has 0 bridgehead atoms. The van der Waals surface area contributed by atoms with E-state index in [1.165, 1.54) is 0 Å². The molecule has 11 nitrogen and oxygen atoms in total. The van der Waals surface area contributed by atoms with Gasteiger partial charge in [-0.3, -0.25) is 19.2 Å². The van der Waals surface area contributed by atoms with Crippen LogP contribution in [0, 0.1) is 0 Å². The van der Waals surface area contributed by atoms with Crippen molar-refractivity contribution in [2.75, 3.05) is 6.54 Å². The fourth-order valence-electron chi connectivity index (χ4n) is 2.45. The van der Waals surface area contributed by atoms with Crippen LogP contribution in [0.5, 0.6) is 0 Å². The van der Waals surface area contributed by atoms with E-state index in [0.717, 1.165) is 4.90 Å². The minimum Gasteiger partial charge on any atom is -0.481 e. The van der Waals surface area contributed by atoms with Gasteiger partial charge in [0.2, 0.25) is 17.7 Å². The van der Waals surface area contributed by atoms with Gasteiger partial charge in [0, 0.05) is 6.54 Å². The highest BCUT2D eigenvalue weighted by Crippen LogP contribution is 2.19. The molecule has 1 saturated heterocycles. The fraction of sp³-hybridized carbons (Fsp3) is 0.615. The Morgan fingerprint density at radius 2 is 1.79 bits per heavy atom. The molecule has 1 rings (SSSR count). The molecular weight excluding hydrogens is 324 g/mol. The van der Waals surface area contributed by atoms with Gasteiger partial charge in [-0.1, -0.05) is 0 Å². The average Bonchev–Trinajstić information content (AvgIpc) is 2.93. The van der Waals surface area contributed by atoms with Crippen LogP contribution >= 0.6 is 0 Å². The number of nitrogens with zero attached hydrogens (tertiary/aromatic N) is 1. The molecule has 24 heavy (non-hydrogen) atoms. The Morgan fingerprint density at radius 1 is 1.17 bits per heavy atom. The molecule has 3 atom stereocenters. The van der Waals surface area contributed by atoms with E-state index in [2.05, 4.69) is 5.32 Å². The summed E-state index contributed by atoms with van der Waals surface area (Å²) >= 11 is 0. The number of carbonyl (C=O) groups is 5.